The van der Waals surface area contributed by atoms with Crippen LogP contribution in [0.3, 0.4) is 0 Å². The van der Waals surface area contributed by atoms with E-state index in [1.165, 1.54) is 0 Å². The lowest BCUT2D eigenvalue weighted by atomic mass is 9.94. The summed E-state index contributed by atoms with van der Waals surface area (Å²) in [6, 6.07) is -0.798. The van der Waals surface area contributed by atoms with E-state index in [1.807, 2.05) is 6.92 Å². The molecule has 0 spiro atoms. The fraction of sp³-hybridized carbons (Fsp3) is 0.833. The largest absolute Gasteiger partial charge is 0.481 e. The Hall–Kier alpha value is -1.10. The summed E-state index contributed by atoms with van der Waals surface area (Å²) < 4.78 is 0. The van der Waals surface area contributed by atoms with E-state index in [0.717, 1.165) is 25.7 Å². The van der Waals surface area contributed by atoms with Crippen molar-refractivity contribution in [1.29, 1.82) is 0 Å². The second kappa shape index (κ2) is 6.59. The molecule has 98 valence electrons. The molecule has 0 bridgehead atoms. The first kappa shape index (κ1) is 14.0. The number of hydrogen-bond donors (Lipinski definition) is 3. The smallest absolute Gasteiger partial charge is 0.308 e. The Balaban J connectivity index is 2.63. The van der Waals surface area contributed by atoms with Crippen LogP contribution in [0.25, 0.3) is 0 Å². The fourth-order valence-corrected chi connectivity index (χ4v) is 2.25. The van der Waals surface area contributed by atoms with Gasteiger partial charge < -0.3 is 16.2 Å². The lowest BCUT2D eigenvalue weighted by Crippen LogP contribution is -2.49. The van der Waals surface area contributed by atoms with Crippen LogP contribution in [0, 0.1) is 5.92 Å². The van der Waals surface area contributed by atoms with Gasteiger partial charge in [-0.05, 0) is 19.3 Å². The van der Waals surface area contributed by atoms with Crippen LogP contribution in [0.4, 0.5) is 0 Å². The molecule has 1 aliphatic rings. The molecule has 1 fully saturated rings. The summed E-state index contributed by atoms with van der Waals surface area (Å²) in [4.78, 5) is 22.8. The molecule has 1 saturated carbocycles. The molecule has 4 N–H and O–H groups in total. The van der Waals surface area contributed by atoms with E-state index in [-0.39, 0.29) is 11.9 Å². The van der Waals surface area contributed by atoms with Gasteiger partial charge in [0.15, 0.2) is 0 Å². The molecule has 0 saturated heterocycles. The Bertz CT molecular complexity index is 281. The van der Waals surface area contributed by atoms with Crippen molar-refractivity contribution in [3.8, 4) is 0 Å². The third kappa shape index (κ3) is 4.00. The van der Waals surface area contributed by atoms with E-state index in [4.69, 9.17) is 10.8 Å². The van der Waals surface area contributed by atoms with E-state index in [9.17, 15) is 9.59 Å². The highest BCUT2D eigenvalue weighted by Gasteiger charge is 2.31. The SMILES string of the molecule is CC[C@@H](N)C(=O)NC1CCCCCC1C(=O)O. The molecule has 0 radical (unpaired) electrons. The van der Waals surface area contributed by atoms with Gasteiger partial charge >= 0.3 is 5.97 Å². The molecule has 0 aromatic rings. The van der Waals surface area contributed by atoms with Crippen LogP contribution in [0.2, 0.25) is 0 Å². The topological polar surface area (TPSA) is 92.4 Å². The summed E-state index contributed by atoms with van der Waals surface area (Å²) in [6.07, 6.45) is 4.87. The van der Waals surface area contributed by atoms with Gasteiger partial charge in [-0.1, -0.05) is 26.2 Å². The summed E-state index contributed by atoms with van der Waals surface area (Å²) >= 11 is 0. The van der Waals surface area contributed by atoms with Crippen molar-refractivity contribution in [2.45, 2.75) is 57.5 Å². The maximum absolute atomic E-state index is 11.7. The highest BCUT2D eigenvalue weighted by molar-refractivity contribution is 5.82. The van der Waals surface area contributed by atoms with E-state index in [1.54, 1.807) is 0 Å². The Kier molecular flexibility index (Phi) is 5.41. The van der Waals surface area contributed by atoms with Crippen LogP contribution in [0.15, 0.2) is 0 Å². The standard InChI is InChI=1S/C12H22N2O3/c1-2-9(13)11(15)14-10-7-5-3-4-6-8(10)12(16)17/h8-10H,2-7,13H2,1H3,(H,14,15)(H,16,17)/t8?,9-,10?/m1/s1. The van der Waals surface area contributed by atoms with E-state index >= 15 is 0 Å². The first-order valence-corrected chi connectivity index (χ1v) is 6.35. The molecular formula is C12H22N2O3. The van der Waals surface area contributed by atoms with E-state index < -0.39 is 17.9 Å². The molecule has 0 aromatic carbocycles. The van der Waals surface area contributed by atoms with Crippen molar-refractivity contribution in [1.82, 2.24) is 5.32 Å². The van der Waals surface area contributed by atoms with Crippen LogP contribution >= 0.6 is 0 Å². The molecule has 0 aliphatic heterocycles. The third-order valence-electron chi connectivity index (χ3n) is 3.44. The van der Waals surface area contributed by atoms with Crippen molar-refractivity contribution in [3.05, 3.63) is 0 Å². The Labute approximate surface area is 102 Å². The number of hydrogen-bond acceptors (Lipinski definition) is 3. The number of carbonyl (C=O) groups excluding carboxylic acids is 1. The molecule has 5 nitrogen and oxygen atoms in total. The maximum Gasteiger partial charge on any atom is 0.308 e. The maximum atomic E-state index is 11.7. The molecule has 5 heteroatoms. The number of amides is 1. The van der Waals surface area contributed by atoms with Crippen LogP contribution < -0.4 is 11.1 Å². The highest BCUT2D eigenvalue weighted by Crippen LogP contribution is 2.23. The average molecular weight is 242 g/mol. The highest BCUT2D eigenvalue weighted by atomic mass is 16.4. The fourth-order valence-electron chi connectivity index (χ4n) is 2.25. The van der Waals surface area contributed by atoms with Crippen molar-refractivity contribution >= 4 is 11.9 Å². The number of carbonyl (C=O) groups is 2. The lowest BCUT2D eigenvalue weighted by Gasteiger charge is -2.24. The minimum absolute atomic E-state index is 0.231. The van der Waals surface area contributed by atoms with Gasteiger partial charge in [0.25, 0.3) is 0 Å². The molecule has 0 aromatic heterocycles. The van der Waals surface area contributed by atoms with Crippen molar-refractivity contribution in [2.24, 2.45) is 11.7 Å². The van der Waals surface area contributed by atoms with Gasteiger partial charge in [0, 0.05) is 6.04 Å². The van der Waals surface area contributed by atoms with Crippen LogP contribution in [-0.2, 0) is 9.59 Å². The molecule has 0 heterocycles. The monoisotopic (exact) mass is 242 g/mol. The summed E-state index contributed by atoms with van der Waals surface area (Å²) in [5.74, 6) is -1.52. The summed E-state index contributed by atoms with van der Waals surface area (Å²) in [5, 5.41) is 12.0. The van der Waals surface area contributed by atoms with Crippen LogP contribution in [0.5, 0.6) is 0 Å². The number of nitrogens with one attached hydrogen (secondary N) is 1. The third-order valence-corrected chi connectivity index (χ3v) is 3.44. The van der Waals surface area contributed by atoms with Gasteiger partial charge in [0.2, 0.25) is 5.91 Å². The summed E-state index contributed by atoms with van der Waals surface area (Å²) in [6.45, 7) is 1.84. The zero-order valence-electron chi connectivity index (χ0n) is 10.3. The number of carboxylic acid groups (broad SMARTS) is 1. The summed E-state index contributed by atoms with van der Waals surface area (Å²) in [7, 11) is 0. The lowest BCUT2D eigenvalue weighted by molar-refractivity contribution is -0.143. The normalized spacial score (nSPS) is 26.9. The zero-order valence-corrected chi connectivity index (χ0v) is 10.3. The van der Waals surface area contributed by atoms with E-state index in [2.05, 4.69) is 5.32 Å². The average Bonchev–Trinajstić information content (AvgIpc) is 2.53. The van der Waals surface area contributed by atoms with Crippen LogP contribution in [-0.4, -0.2) is 29.1 Å². The Morgan fingerprint density at radius 1 is 1.35 bits per heavy atom. The quantitative estimate of drug-likeness (QED) is 0.638. The van der Waals surface area contributed by atoms with Gasteiger partial charge in [0.05, 0.1) is 12.0 Å². The first-order valence-electron chi connectivity index (χ1n) is 6.35. The molecule has 1 rings (SSSR count). The van der Waals surface area contributed by atoms with Crippen molar-refractivity contribution < 1.29 is 14.7 Å². The predicted molar refractivity (Wildman–Crippen MR) is 64.4 cm³/mol. The predicted octanol–water partition coefficient (Wildman–Crippen LogP) is 0.873. The molecule has 1 amide bonds. The van der Waals surface area contributed by atoms with Gasteiger partial charge in [-0.3, -0.25) is 9.59 Å². The number of aliphatic carboxylic acids is 1. The van der Waals surface area contributed by atoms with Gasteiger partial charge in [-0.2, -0.15) is 0 Å². The van der Waals surface area contributed by atoms with Crippen LogP contribution in [0.1, 0.15) is 45.4 Å². The Morgan fingerprint density at radius 2 is 2.00 bits per heavy atom. The minimum atomic E-state index is -0.817. The van der Waals surface area contributed by atoms with Crippen molar-refractivity contribution in [2.75, 3.05) is 0 Å². The van der Waals surface area contributed by atoms with E-state index in [0.29, 0.717) is 12.8 Å². The number of rotatable bonds is 4. The van der Waals surface area contributed by atoms with Gasteiger partial charge in [-0.15, -0.1) is 0 Å². The minimum Gasteiger partial charge on any atom is -0.481 e. The summed E-state index contributed by atoms with van der Waals surface area (Å²) in [5.41, 5.74) is 5.63. The van der Waals surface area contributed by atoms with Crippen molar-refractivity contribution in [3.63, 3.8) is 0 Å². The number of nitrogens with two attached hydrogens (primary N) is 1. The number of carboxylic acids is 1. The molecule has 1 aliphatic carbocycles. The molecule has 3 atom stereocenters. The zero-order chi connectivity index (χ0) is 12.8. The molecular weight excluding hydrogens is 220 g/mol. The molecule has 2 unspecified atom stereocenters. The van der Waals surface area contributed by atoms with Gasteiger partial charge in [-0.25, -0.2) is 0 Å². The second-order valence-electron chi connectivity index (χ2n) is 4.71. The Morgan fingerprint density at radius 3 is 2.59 bits per heavy atom. The molecule has 17 heavy (non-hydrogen) atoms. The van der Waals surface area contributed by atoms with Gasteiger partial charge in [0.1, 0.15) is 0 Å². The second-order valence-corrected chi connectivity index (χ2v) is 4.71. The first-order chi connectivity index (χ1) is 8.06.